The van der Waals surface area contributed by atoms with Crippen LogP contribution in [0.2, 0.25) is 0 Å². The monoisotopic (exact) mass is 392 g/mol. The fraction of sp³-hybridized carbons (Fsp3) is 0.636. The van der Waals surface area contributed by atoms with Crippen LogP contribution in [0.1, 0.15) is 0 Å². The van der Waals surface area contributed by atoms with Crippen molar-refractivity contribution < 1.29 is 21.8 Å². The number of rotatable bonds is 6. The van der Waals surface area contributed by atoms with Gasteiger partial charge in [0.05, 0.1) is 25.6 Å². The molecule has 1 fully saturated rings. The number of hydrogen-bond acceptors (Lipinski definition) is 8. The number of morpholine rings is 1. The van der Waals surface area contributed by atoms with Crippen LogP contribution in [0, 0.1) is 0 Å². The molecule has 1 aliphatic heterocycles. The van der Waals surface area contributed by atoms with Crippen molar-refractivity contribution in [2.75, 3.05) is 46.4 Å². The largest absolute Gasteiger partial charge is 2.00 e. The van der Waals surface area contributed by atoms with E-state index in [9.17, 15) is 0 Å². The van der Waals surface area contributed by atoms with E-state index in [0.717, 1.165) is 39.4 Å². The van der Waals surface area contributed by atoms with Gasteiger partial charge < -0.3 is 40.6 Å². The predicted molar refractivity (Wildman–Crippen MR) is 90.9 cm³/mol. The summed E-state index contributed by atoms with van der Waals surface area (Å²) < 4.78 is 5.28. The maximum absolute atomic E-state index is 5.28. The quantitative estimate of drug-likeness (QED) is 0.196. The van der Waals surface area contributed by atoms with Crippen LogP contribution in [0.4, 0.5) is 0 Å². The third kappa shape index (κ3) is 10.8. The van der Waals surface area contributed by atoms with E-state index in [1.807, 2.05) is 0 Å². The first-order valence-corrected chi connectivity index (χ1v) is 7.30. The molecule has 1 aliphatic rings. The SMILES string of the molecule is CN/C([S-])=N/N=C/C=N/N=C(\[S-])NCCN1CCOCC1.[Cu+2]. The molecule has 1 saturated heterocycles. The van der Waals surface area contributed by atoms with Crippen LogP contribution in [-0.2, 0) is 47.1 Å². The third-order valence-electron chi connectivity index (χ3n) is 2.52. The molecule has 0 aromatic rings. The van der Waals surface area contributed by atoms with Crippen LogP contribution in [0.25, 0.3) is 0 Å². The van der Waals surface area contributed by atoms with Gasteiger partial charge in [-0.1, -0.05) is 0 Å². The van der Waals surface area contributed by atoms with Gasteiger partial charge >= 0.3 is 17.1 Å². The Morgan fingerprint density at radius 2 is 1.73 bits per heavy atom. The number of nitrogens with zero attached hydrogens (tertiary/aromatic N) is 5. The fourth-order valence-electron chi connectivity index (χ4n) is 1.46. The van der Waals surface area contributed by atoms with Crippen LogP contribution in [0.15, 0.2) is 20.4 Å². The molecule has 2 N–H and O–H groups in total. The summed E-state index contributed by atoms with van der Waals surface area (Å²) in [4.78, 5) is 2.31. The van der Waals surface area contributed by atoms with Gasteiger partial charge in [-0.05, 0) is 10.3 Å². The second-order valence-corrected chi connectivity index (χ2v) is 4.74. The molecule has 0 aromatic heterocycles. The topological polar surface area (TPSA) is 86.0 Å². The molecule has 0 aliphatic carbocycles. The van der Waals surface area contributed by atoms with Gasteiger partial charge in [0.15, 0.2) is 0 Å². The summed E-state index contributed by atoms with van der Waals surface area (Å²) in [7, 11) is 1.67. The first kappa shape index (κ1) is 21.2. The van der Waals surface area contributed by atoms with Crippen molar-refractivity contribution in [2.24, 2.45) is 20.4 Å². The Kier molecular flexibility index (Phi) is 13.3. The van der Waals surface area contributed by atoms with E-state index >= 15 is 0 Å². The van der Waals surface area contributed by atoms with Crippen LogP contribution >= 0.6 is 0 Å². The second kappa shape index (κ2) is 13.8. The van der Waals surface area contributed by atoms with Crippen molar-refractivity contribution in [3.8, 4) is 0 Å². The summed E-state index contributed by atoms with van der Waals surface area (Å²) >= 11 is 9.80. The van der Waals surface area contributed by atoms with Gasteiger partial charge in [0.2, 0.25) is 0 Å². The molecular weight excluding hydrogens is 374 g/mol. The normalized spacial score (nSPS) is 17.7. The first-order chi connectivity index (χ1) is 10.2. The summed E-state index contributed by atoms with van der Waals surface area (Å²) in [6.07, 6.45) is 2.77. The Labute approximate surface area is 152 Å². The van der Waals surface area contributed by atoms with E-state index in [2.05, 4.69) is 35.9 Å². The molecule has 22 heavy (non-hydrogen) atoms. The molecule has 0 amide bonds. The average Bonchev–Trinajstić information content (AvgIpc) is 2.51. The summed E-state index contributed by atoms with van der Waals surface area (Å²) in [5.74, 6) is 0. The van der Waals surface area contributed by atoms with Gasteiger partial charge in [0, 0.05) is 33.2 Å². The smallest absolute Gasteiger partial charge is 0.741 e. The van der Waals surface area contributed by atoms with Gasteiger partial charge in [-0.2, -0.15) is 20.4 Å². The Morgan fingerprint density at radius 3 is 2.32 bits per heavy atom. The van der Waals surface area contributed by atoms with E-state index < -0.39 is 0 Å². The molecule has 11 heteroatoms. The van der Waals surface area contributed by atoms with Crippen molar-refractivity contribution in [2.45, 2.75) is 0 Å². The third-order valence-corrected chi connectivity index (χ3v) is 3.03. The summed E-state index contributed by atoms with van der Waals surface area (Å²) in [5, 5.41) is 21.2. The molecule has 0 atom stereocenters. The number of hydrogen-bond donors (Lipinski definition) is 2. The van der Waals surface area contributed by atoms with Crippen molar-refractivity contribution >= 4 is 48.0 Å². The standard InChI is InChI=1S/C11H21N7OS2.Cu/c1-12-10(20)16-14-2-3-15-17-11(21)13-4-5-18-6-8-19-9-7-18;/h2-3H,4-9H2,1H3,(H2,12,16,20)(H2,13,17,21);/q;+2/p-2/b14-2+,15-3+;. The zero-order chi connectivity index (χ0) is 15.3. The summed E-state index contributed by atoms with van der Waals surface area (Å²) in [6, 6.07) is 0. The molecule has 0 spiro atoms. The molecule has 8 nitrogen and oxygen atoms in total. The van der Waals surface area contributed by atoms with Crippen molar-refractivity contribution in [1.29, 1.82) is 0 Å². The minimum Gasteiger partial charge on any atom is -0.741 e. The first-order valence-electron chi connectivity index (χ1n) is 6.48. The van der Waals surface area contributed by atoms with Crippen LogP contribution in [0.3, 0.4) is 0 Å². The number of ether oxygens (including phenoxy) is 1. The summed E-state index contributed by atoms with van der Waals surface area (Å²) in [6.45, 7) is 5.14. The minimum absolute atomic E-state index is 0. The molecule has 0 unspecified atom stereocenters. The Hall–Kier alpha value is -0.841. The van der Waals surface area contributed by atoms with Gasteiger partial charge in [-0.15, -0.1) is 0 Å². The number of nitrogens with one attached hydrogen (secondary N) is 2. The fourth-order valence-corrected chi connectivity index (χ4v) is 1.66. The van der Waals surface area contributed by atoms with Crippen LogP contribution < -0.4 is 10.6 Å². The maximum Gasteiger partial charge on any atom is 2.00 e. The van der Waals surface area contributed by atoms with Crippen molar-refractivity contribution in [1.82, 2.24) is 15.5 Å². The Morgan fingerprint density at radius 1 is 1.14 bits per heavy atom. The van der Waals surface area contributed by atoms with Crippen LogP contribution in [0.5, 0.6) is 0 Å². The van der Waals surface area contributed by atoms with E-state index in [1.165, 1.54) is 12.4 Å². The minimum atomic E-state index is 0. The van der Waals surface area contributed by atoms with E-state index in [0.29, 0.717) is 10.3 Å². The van der Waals surface area contributed by atoms with Gasteiger partial charge in [0.25, 0.3) is 0 Å². The van der Waals surface area contributed by atoms with Gasteiger partial charge in [-0.3, -0.25) is 4.90 Å². The molecule has 0 saturated carbocycles. The van der Waals surface area contributed by atoms with Crippen molar-refractivity contribution in [3.05, 3.63) is 0 Å². The molecule has 1 rings (SSSR count). The van der Waals surface area contributed by atoms with Crippen molar-refractivity contribution in [3.63, 3.8) is 0 Å². The van der Waals surface area contributed by atoms with E-state index in [1.54, 1.807) is 7.05 Å². The zero-order valence-corrected chi connectivity index (χ0v) is 14.7. The molecule has 0 aromatic carbocycles. The average molecular weight is 393 g/mol. The van der Waals surface area contributed by atoms with Gasteiger partial charge in [-0.25, -0.2) is 0 Å². The maximum atomic E-state index is 5.28. The van der Waals surface area contributed by atoms with E-state index in [-0.39, 0.29) is 17.1 Å². The Bertz CT molecular complexity index is 411. The molecular formula is C11H19CuN7OS2. The summed E-state index contributed by atoms with van der Waals surface area (Å²) in [5.41, 5.74) is 0. The molecule has 1 heterocycles. The second-order valence-electron chi connectivity index (χ2n) is 3.97. The molecule has 127 valence electrons. The van der Waals surface area contributed by atoms with E-state index in [4.69, 9.17) is 30.0 Å². The van der Waals surface area contributed by atoms with Gasteiger partial charge in [0.1, 0.15) is 0 Å². The van der Waals surface area contributed by atoms with Crippen LogP contribution in [-0.4, -0.2) is 74.1 Å². The Balaban J connectivity index is 0.00000441. The molecule has 1 radical (unpaired) electrons. The zero-order valence-electron chi connectivity index (χ0n) is 12.2. The number of amidine groups is 2. The predicted octanol–water partition coefficient (Wildman–Crippen LogP) is -1.10. The molecule has 0 bridgehead atoms.